The minimum absolute atomic E-state index is 0.0749. The molecule has 0 saturated heterocycles. The fourth-order valence-electron chi connectivity index (χ4n) is 2.55. The summed E-state index contributed by atoms with van der Waals surface area (Å²) in [7, 11) is 0. The summed E-state index contributed by atoms with van der Waals surface area (Å²) in [6, 6.07) is 7.71. The van der Waals surface area contributed by atoms with Crippen LogP contribution in [0.15, 0.2) is 48.9 Å². The number of carbonyl (C=O) groups excluding carboxylic acids is 1. The van der Waals surface area contributed by atoms with E-state index in [-0.39, 0.29) is 24.5 Å². The second kappa shape index (κ2) is 6.92. The van der Waals surface area contributed by atoms with Crippen molar-refractivity contribution in [3.8, 4) is 0 Å². The molecule has 5 nitrogen and oxygen atoms in total. The number of aryl methyl sites for hydroxylation is 1. The Morgan fingerprint density at radius 3 is 2.64 bits per heavy atom. The molecule has 25 heavy (non-hydrogen) atoms. The average molecular weight is 348 g/mol. The summed E-state index contributed by atoms with van der Waals surface area (Å²) in [5, 5.41) is 3.08. The van der Waals surface area contributed by atoms with Crippen LogP contribution >= 0.6 is 0 Å². The van der Waals surface area contributed by atoms with E-state index in [1.165, 1.54) is 6.20 Å². The van der Waals surface area contributed by atoms with Gasteiger partial charge < -0.3 is 9.88 Å². The molecule has 0 unspecified atom stereocenters. The Bertz CT molecular complexity index is 874. The summed E-state index contributed by atoms with van der Waals surface area (Å²) >= 11 is 0. The van der Waals surface area contributed by atoms with Gasteiger partial charge in [-0.15, -0.1) is 0 Å². The van der Waals surface area contributed by atoms with Gasteiger partial charge in [0.15, 0.2) is 0 Å². The molecule has 3 aromatic heterocycles. The van der Waals surface area contributed by atoms with E-state index in [0.717, 1.165) is 16.2 Å². The highest BCUT2D eigenvalue weighted by Gasteiger charge is 2.35. The van der Waals surface area contributed by atoms with Gasteiger partial charge in [0.2, 0.25) is 5.91 Å². The van der Waals surface area contributed by atoms with Crippen LogP contribution in [0.25, 0.3) is 11.0 Å². The normalized spacial score (nSPS) is 11.6. The quantitative estimate of drug-likeness (QED) is 0.770. The number of pyridine rings is 2. The lowest BCUT2D eigenvalue weighted by Crippen LogP contribution is -2.25. The predicted molar refractivity (Wildman–Crippen MR) is 85.4 cm³/mol. The minimum Gasteiger partial charge on any atom is -0.352 e. The van der Waals surface area contributed by atoms with Crippen molar-refractivity contribution in [2.75, 3.05) is 0 Å². The Kier molecular flexibility index (Phi) is 4.69. The van der Waals surface area contributed by atoms with Crippen molar-refractivity contribution in [1.29, 1.82) is 0 Å². The lowest BCUT2D eigenvalue weighted by Gasteiger charge is -2.12. The van der Waals surface area contributed by atoms with E-state index in [4.69, 9.17) is 0 Å². The molecule has 1 N–H and O–H groups in total. The Labute approximate surface area is 141 Å². The Morgan fingerprint density at radius 1 is 1.16 bits per heavy atom. The number of amides is 1. The van der Waals surface area contributed by atoms with Crippen LogP contribution in [0.5, 0.6) is 0 Å². The third kappa shape index (κ3) is 3.96. The first-order chi connectivity index (χ1) is 11.9. The van der Waals surface area contributed by atoms with Crippen LogP contribution < -0.4 is 5.32 Å². The van der Waals surface area contributed by atoms with Crippen molar-refractivity contribution in [3.63, 3.8) is 0 Å². The summed E-state index contributed by atoms with van der Waals surface area (Å²) < 4.78 is 40.7. The smallest absolute Gasteiger partial charge is 0.352 e. The second-order valence-electron chi connectivity index (χ2n) is 5.48. The predicted octanol–water partition coefficient (Wildman–Crippen LogP) is 3.16. The lowest BCUT2D eigenvalue weighted by atomic mass is 10.2. The Hall–Kier alpha value is -2.90. The van der Waals surface area contributed by atoms with Gasteiger partial charge in [-0.25, -0.2) is 4.98 Å². The largest absolute Gasteiger partial charge is 0.431 e. The van der Waals surface area contributed by atoms with Gasteiger partial charge in [-0.05, 0) is 35.9 Å². The number of halogens is 3. The SMILES string of the molecule is O=C(CCn1c(C(F)(F)F)cc2cccnc21)NCc1ccncc1. The maximum absolute atomic E-state index is 13.2. The van der Waals surface area contributed by atoms with Crippen LogP contribution in [-0.4, -0.2) is 20.4 Å². The second-order valence-corrected chi connectivity index (χ2v) is 5.48. The Balaban J connectivity index is 1.71. The van der Waals surface area contributed by atoms with Gasteiger partial charge in [0, 0.05) is 43.5 Å². The molecular weight excluding hydrogens is 333 g/mol. The molecule has 1 amide bonds. The van der Waals surface area contributed by atoms with E-state index in [2.05, 4.69) is 15.3 Å². The number of hydrogen-bond donors (Lipinski definition) is 1. The van der Waals surface area contributed by atoms with E-state index in [9.17, 15) is 18.0 Å². The van der Waals surface area contributed by atoms with Gasteiger partial charge in [-0.1, -0.05) is 0 Å². The molecule has 0 saturated carbocycles. The minimum atomic E-state index is -4.51. The Morgan fingerprint density at radius 2 is 1.92 bits per heavy atom. The monoisotopic (exact) mass is 348 g/mol. The molecule has 3 rings (SSSR count). The van der Waals surface area contributed by atoms with Crippen molar-refractivity contribution in [1.82, 2.24) is 19.9 Å². The molecule has 3 heterocycles. The molecule has 0 fully saturated rings. The number of rotatable bonds is 5. The van der Waals surface area contributed by atoms with E-state index >= 15 is 0 Å². The van der Waals surface area contributed by atoms with Crippen LogP contribution in [0.1, 0.15) is 17.7 Å². The van der Waals surface area contributed by atoms with Gasteiger partial charge in [0.05, 0.1) is 0 Å². The molecule has 0 aliphatic rings. The summed E-state index contributed by atoms with van der Waals surface area (Å²) in [5.41, 5.74) is 0.285. The number of hydrogen-bond acceptors (Lipinski definition) is 3. The molecule has 8 heteroatoms. The molecule has 130 valence electrons. The first-order valence-corrected chi connectivity index (χ1v) is 7.62. The van der Waals surface area contributed by atoms with E-state index in [1.807, 2.05) is 0 Å². The molecule has 3 aromatic rings. The van der Waals surface area contributed by atoms with Gasteiger partial charge in [0.1, 0.15) is 11.3 Å². The molecule has 0 aliphatic carbocycles. The van der Waals surface area contributed by atoms with Crippen molar-refractivity contribution in [3.05, 3.63) is 60.2 Å². The molecule has 0 radical (unpaired) electrons. The number of aromatic nitrogens is 3. The third-order valence-corrected chi connectivity index (χ3v) is 3.75. The summed E-state index contributed by atoms with van der Waals surface area (Å²) in [6.07, 6.45) is 0.0642. The van der Waals surface area contributed by atoms with E-state index in [1.54, 1.807) is 36.7 Å². The molecule has 0 aliphatic heterocycles. The van der Waals surface area contributed by atoms with Gasteiger partial charge in [0.25, 0.3) is 0 Å². The first kappa shape index (κ1) is 16.9. The zero-order chi connectivity index (χ0) is 17.9. The maximum Gasteiger partial charge on any atom is 0.431 e. The molecular formula is C17H15F3N4O. The highest BCUT2D eigenvalue weighted by atomic mass is 19.4. The lowest BCUT2D eigenvalue weighted by molar-refractivity contribution is -0.143. The third-order valence-electron chi connectivity index (χ3n) is 3.75. The van der Waals surface area contributed by atoms with Gasteiger partial charge in [-0.2, -0.15) is 13.2 Å². The van der Waals surface area contributed by atoms with Crippen molar-refractivity contribution in [2.24, 2.45) is 0 Å². The maximum atomic E-state index is 13.2. The van der Waals surface area contributed by atoms with E-state index < -0.39 is 11.9 Å². The highest BCUT2D eigenvalue weighted by molar-refractivity contribution is 5.79. The van der Waals surface area contributed by atoms with Gasteiger partial charge in [-0.3, -0.25) is 9.78 Å². The van der Waals surface area contributed by atoms with Crippen molar-refractivity contribution in [2.45, 2.75) is 25.7 Å². The zero-order valence-corrected chi connectivity index (χ0v) is 13.1. The number of alkyl halides is 3. The standard InChI is InChI=1S/C17H15F3N4O/c18-17(19,20)14-10-13-2-1-6-22-16(13)24(14)9-5-15(25)23-11-12-3-7-21-8-4-12/h1-4,6-8,10H,5,9,11H2,(H,23,25). The summed E-state index contributed by atoms with van der Waals surface area (Å²) in [5.74, 6) is -0.331. The van der Waals surface area contributed by atoms with Crippen LogP contribution in [0.3, 0.4) is 0 Å². The van der Waals surface area contributed by atoms with Crippen LogP contribution in [0.4, 0.5) is 13.2 Å². The molecule has 0 bridgehead atoms. The zero-order valence-electron chi connectivity index (χ0n) is 13.1. The first-order valence-electron chi connectivity index (χ1n) is 7.62. The average Bonchev–Trinajstić information content (AvgIpc) is 2.98. The topological polar surface area (TPSA) is 59.8 Å². The summed E-state index contributed by atoms with van der Waals surface area (Å²) in [6.45, 7) is 0.204. The van der Waals surface area contributed by atoms with Crippen LogP contribution in [0.2, 0.25) is 0 Å². The van der Waals surface area contributed by atoms with E-state index in [0.29, 0.717) is 11.9 Å². The van der Waals surface area contributed by atoms with Crippen LogP contribution in [0, 0.1) is 0 Å². The number of nitrogens with zero attached hydrogens (tertiary/aromatic N) is 3. The number of fused-ring (bicyclic) bond motifs is 1. The van der Waals surface area contributed by atoms with Crippen molar-refractivity contribution < 1.29 is 18.0 Å². The number of carbonyl (C=O) groups is 1. The van der Waals surface area contributed by atoms with Crippen LogP contribution in [-0.2, 0) is 24.1 Å². The fraction of sp³-hybridized carbons (Fsp3) is 0.235. The molecule has 0 spiro atoms. The molecule has 0 aromatic carbocycles. The highest BCUT2D eigenvalue weighted by Crippen LogP contribution is 2.33. The van der Waals surface area contributed by atoms with Crippen molar-refractivity contribution >= 4 is 16.9 Å². The summed E-state index contributed by atoms with van der Waals surface area (Å²) in [4.78, 5) is 19.9. The number of nitrogens with one attached hydrogen (secondary N) is 1. The molecule has 0 atom stereocenters. The fourth-order valence-corrected chi connectivity index (χ4v) is 2.55. The van der Waals surface area contributed by atoms with Gasteiger partial charge >= 0.3 is 6.18 Å².